The summed E-state index contributed by atoms with van der Waals surface area (Å²) in [5.41, 5.74) is 3.43. The van der Waals surface area contributed by atoms with Gasteiger partial charge in [-0.2, -0.15) is 0 Å². The Bertz CT molecular complexity index is 1010. The zero-order valence-electron chi connectivity index (χ0n) is 15.6. The van der Waals surface area contributed by atoms with E-state index in [1.807, 2.05) is 30.5 Å². The van der Waals surface area contributed by atoms with E-state index in [1.54, 1.807) is 40.5 Å². The summed E-state index contributed by atoms with van der Waals surface area (Å²) in [6.07, 6.45) is -3.98. The Labute approximate surface area is 170 Å². The number of ether oxygens (including phenoxy) is 1. The van der Waals surface area contributed by atoms with E-state index in [0.717, 1.165) is 23.1 Å². The van der Waals surface area contributed by atoms with Crippen LogP contribution in [0.2, 0.25) is 0 Å². The van der Waals surface area contributed by atoms with Crippen molar-refractivity contribution in [2.75, 3.05) is 6.54 Å². The number of alkyl halides is 3. The summed E-state index contributed by atoms with van der Waals surface area (Å²) in [6, 6.07) is 14.8. The maximum absolute atomic E-state index is 13.2. The zero-order valence-corrected chi connectivity index (χ0v) is 16.4. The van der Waals surface area contributed by atoms with Gasteiger partial charge in [-0.05, 0) is 60.2 Å². The highest BCUT2D eigenvalue weighted by molar-refractivity contribution is 7.10. The van der Waals surface area contributed by atoms with Crippen LogP contribution in [0.25, 0.3) is 0 Å². The van der Waals surface area contributed by atoms with Crippen LogP contribution in [0.15, 0.2) is 60.0 Å². The Morgan fingerprint density at radius 3 is 2.41 bits per heavy atom. The van der Waals surface area contributed by atoms with Crippen LogP contribution < -0.4 is 4.74 Å². The molecule has 1 aliphatic rings. The first kappa shape index (κ1) is 19.5. The Morgan fingerprint density at radius 2 is 1.76 bits per heavy atom. The molecule has 150 valence electrons. The second-order valence-corrected chi connectivity index (χ2v) is 7.93. The number of halogens is 3. The highest BCUT2D eigenvalue weighted by Crippen LogP contribution is 2.39. The molecule has 1 aliphatic heterocycles. The smallest absolute Gasteiger partial charge is 0.406 e. The second kappa shape index (κ2) is 7.55. The molecule has 0 saturated heterocycles. The molecule has 1 amide bonds. The standard InChI is InChI=1S/C22H18F3NO2S/c1-14-2-4-16(5-3-14)21(27)26-12-10-19-18(11-13-29-19)20(26)15-6-8-17(9-7-15)28-22(23,24)25/h2-9,11,13,20H,10,12H2,1H3. The Kier molecular flexibility index (Phi) is 5.08. The van der Waals surface area contributed by atoms with E-state index in [9.17, 15) is 18.0 Å². The summed E-state index contributed by atoms with van der Waals surface area (Å²) in [4.78, 5) is 16.2. The van der Waals surface area contributed by atoms with Gasteiger partial charge in [0.05, 0.1) is 6.04 Å². The van der Waals surface area contributed by atoms with E-state index in [0.29, 0.717) is 12.1 Å². The van der Waals surface area contributed by atoms with Gasteiger partial charge >= 0.3 is 6.36 Å². The van der Waals surface area contributed by atoms with Crippen molar-refractivity contribution in [2.45, 2.75) is 25.7 Å². The third-order valence-electron chi connectivity index (χ3n) is 4.95. The van der Waals surface area contributed by atoms with Gasteiger partial charge < -0.3 is 9.64 Å². The minimum atomic E-state index is -4.74. The number of thiophene rings is 1. The molecule has 29 heavy (non-hydrogen) atoms. The average molecular weight is 417 g/mol. The summed E-state index contributed by atoms with van der Waals surface area (Å²) in [5.74, 6) is -0.374. The SMILES string of the molecule is Cc1ccc(C(=O)N2CCc3sccc3C2c2ccc(OC(F)(F)F)cc2)cc1. The summed E-state index contributed by atoms with van der Waals surface area (Å²) >= 11 is 1.63. The van der Waals surface area contributed by atoms with Crippen molar-refractivity contribution in [1.29, 1.82) is 0 Å². The molecule has 0 N–H and O–H groups in total. The van der Waals surface area contributed by atoms with E-state index in [-0.39, 0.29) is 17.7 Å². The van der Waals surface area contributed by atoms with Crippen LogP contribution in [-0.2, 0) is 6.42 Å². The van der Waals surface area contributed by atoms with Crippen LogP contribution in [0.4, 0.5) is 13.2 Å². The van der Waals surface area contributed by atoms with E-state index < -0.39 is 6.36 Å². The van der Waals surface area contributed by atoms with Crippen molar-refractivity contribution in [2.24, 2.45) is 0 Å². The third kappa shape index (κ3) is 4.15. The van der Waals surface area contributed by atoms with Crippen LogP contribution in [0, 0.1) is 6.92 Å². The first-order chi connectivity index (χ1) is 13.8. The molecule has 0 bridgehead atoms. The molecule has 2 aromatic carbocycles. The van der Waals surface area contributed by atoms with Crippen LogP contribution in [0.5, 0.6) is 5.75 Å². The summed E-state index contributed by atoms with van der Waals surface area (Å²) in [7, 11) is 0. The van der Waals surface area contributed by atoms with E-state index in [2.05, 4.69) is 4.74 Å². The maximum atomic E-state index is 13.2. The number of carbonyl (C=O) groups excluding carboxylic acids is 1. The lowest BCUT2D eigenvalue weighted by atomic mass is 9.92. The fourth-order valence-corrected chi connectivity index (χ4v) is 4.51. The summed E-state index contributed by atoms with van der Waals surface area (Å²) in [5, 5.41) is 1.98. The van der Waals surface area contributed by atoms with Gasteiger partial charge in [0.2, 0.25) is 0 Å². The van der Waals surface area contributed by atoms with Crippen LogP contribution >= 0.6 is 11.3 Å². The van der Waals surface area contributed by atoms with Gasteiger partial charge in [0.15, 0.2) is 0 Å². The minimum Gasteiger partial charge on any atom is -0.406 e. The predicted octanol–water partition coefficient (Wildman–Crippen LogP) is 5.74. The summed E-state index contributed by atoms with van der Waals surface area (Å²) in [6.45, 7) is 2.51. The minimum absolute atomic E-state index is 0.0949. The van der Waals surface area contributed by atoms with Gasteiger partial charge in [-0.25, -0.2) is 0 Å². The number of hydrogen-bond donors (Lipinski definition) is 0. The number of nitrogens with zero attached hydrogens (tertiary/aromatic N) is 1. The van der Waals surface area contributed by atoms with E-state index in [1.165, 1.54) is 17.0 Å². The molecule has 3 aromatic rings. The second-order valence-electron chi connectivity index (χ2n) is 6.93. The monoisotopic (exact) mass is 417 g/mol. The highest BCUT2D eigenvalue weighted by Gasteiger charge is 2.34. The van der Waals surface area contributed by atoms with Crippen LogP contribution in [0.3, 0.4) is 0 Å². The van der Waals surface area contributed by atoms with Crippen molar-refractivity contribution >= 4 is 17.2 Å². The fraction of sp³-hybridized carbons (Fsp3) is 0.227. The van der Waals surface area contributed by atoms with Crippen molar-refractivity contribution < 1.29 is 22.7 Å². The lowest BCUT2D eigenvalue weighted by Gasteiger charge is -2.36. The first-order valence-corrected chi connectivity index (χ1v) is 9.99. The highest BCUT2D eigenvalue weighted by atomic mass is 32.1. The van der Waals surface area contributed by atoms with Gasteiger partial charge in [0.1, 0.15) is 5.75 Å². The van der Waals surface area contributed by atoms with Crippen molar-refractivity contribution in [1.82, 2.24) is 4.90 Å². The number of carbonyl (C=O) groups is 1. The number of fused-ring (bicyclic) bond motifs is 1. The van der Waals surface area contributed by atoms with Crippen LogP contribution in [-0.4, -0.2) is 23.7 Å². The number of rotatable bonds is 3. The Hall–Kier alpha value is -2.80. The molecular weight excluding hydrogens is 399 g/mol. The normalized spacial score (nSPS) is 16.4. The topological polar surface area (TPSA) is 29.5 Å². The first-order valence-electron chi connectivity index (χ1n) is 9.11. The van der Waals surface area contributed by atoms with Gasteiger partial charge in [-0.15, -0.1) is 24.5 Å². The van der Waals surface area contributed by atoms with Crippen molar-refractivity contribution in [3.63, 3.8) is 0 Å². The Morgan fingerprint density at radius 1 is 1.07 bits per heavy atom. The number of hydrogen-bond acceptors (Lipinski definition) is 3. The summed E-state index contributed by atoms with van der Waals surface area (Å²) < 4.78 is 41.4. The quantitative estimate of drug-likeness (QED) is 0.544. The van der Waals surface area contributed by atoms with Gasteiger partial charge in [0, 0.05) is 17.0 Å². The van der Waals surface area contributed by atoms with E-state index >= 15 is 0 Å². The average Bonchev–Trinajstić information content (AvgIpc) is 3.15. The molecule has 7 heteroatoms. The predicted molar refractivity (Wildman–Crippen MR) is 105 cm³/mol. The van der Waals surface area contributed by atoms with E-state index in [4.69, 9.17) is 0 Å². The molecule has 0 aliphatic carbocycles. The number of aryl methyl sites for hydroxylation is 1. The molecule has 3 nitrogen and oxygen atoms in total. The largest absolute Gasteiger partial charge is 0.573 e. The fourth-order valence-electron chi connectivity index (χ4n) is 3.61. The molecule has 1 unspecified atom stereocenters. The molecule has 0 fully saturated rings. The third-order valence-corrected chi connectivity index (χ3v) is 5.95. The molecule has 4 rings (SSSR count). The molecule has 0 saturated carbocycles. The lowest BCUT2D eigenvalue weighted by Crippen LogP contribution is -2.40. The maximum Gasteiger partial charge on any atom is 0.573 e. The van der Waals surface area contributed by atoms with Crippen LogP contribution in [0.1, 0.15) is 38.0 Å². The number of benzene rings is 2. The van der Waals surface area contributed by atoms with Gasteiger partial charge in [0.25, 0.3) is 5.91 Å². The van der Waals surface area contributed by atoms with Crippen molar-refractivity contribution in [3.8, 4) is 5.75 Å². The molecular formula is C22H18F3NO2S. The lowest BCUT2D eigenvalue weighted by molar-refractivity contribution is -0.274. The van der Waals surface area contributed by atoms with Crippen molar-refractivity contribution in [3.05, 3.63) is 87.1 Å². The number of amides is 1. The molecule has 1 aromatic heterocycles. The molecule has 0 radical (unpaired) electrons. The van der Waals surface area contributed by atoms with Gasteiger partial charge in [-0.1, -0.05) is 29.8 Å². The van der Waals surface area contributed by atoms with Gasteiger partial charge in [-0.3, -0.25) is 4.79 Å². The molecule has 2 heterocycles. The zero-order chi connectivity index (χ0) is 20.6. The Balaban J connectivity index is 1.69. The molecule has 0 spiro atoms. The molecule has 1 atom stereocenters.